The fourth-order valence-corrected chi connectivity index (χ4v) is 2.50. The number of carbonyl (C=O) groups is 1. The zero-order chi connectivity index (χ0) is 16.8. The third-order valence-electron chi connectivity index (χ3n) is 3.34. The predicted molar refractivity (Wildman–Crippen MR) is 93.9 cm³/mol. The molecule has 0 bridgehead atoms. The average molecular weight is 380 g/mol. The van der Waals surface area contributed by atoms with Crippen molar-refractivity contribution in [2.24, 2.45) is 0 Å². The van der Waals surface area contributed by atoms with Gasteiger partial charge in [0.25, 0.3) is 5.91 Å². The largest absolute Gasteiger partial charge is 0.491 e. The van der Waals surface area contributed by atoms with Crippen LogP contribution in [0.25, 0.3) is 0 Å². The van der Waals surface area contributed by atoms with E-state index in [-0.39, 0.29) is 18.1 Å². The van der Waals surface area contributed by atoms with E-state index in [9.17, 15) is 4.79 Å². The molecule has 1 unspecified atom stereocenters. The Kier molecular flexibility index (Phi) is 6.28. The van der Waals surface area contributed by atoms with Crippen LogP contribution < -0.4 is 10.1 Å². The van der Waals surface area contributed by atoms with Gasteiger partial charge in [-0.05, 0) is 79.4 Å². The number of carbonyl (C=O) groups excluding carboxylic acids is 1. The normalized spacial score (nSPS) is 12.2. The fourth-order valence-electron chi connectivity index (χ4n) is 2.19. The van der Waals surface area contributed by atoms with Crippen LogP contribution in [0.5, 0.6) is 5.75 Å². The number of halogens is 1. The van der Waals surface area contributed by atoms with Gasteiger partial charge >= 0.3 is 0 Å². The maximum atomic E-state index is 12.0. The van der Waals surface area contributed by atoms with Crippen molar-refractivity contribution >= 4 is 21.8 Å². The molecule has 1 atom stereocenters. The maximum absolute atomic E-state index is 12.0. The molecule has 5 heteroatoms. The Hall–Kier alpha value is -1.75. The van der Waals surface area contributed by atoms with Crippen LogP contribution in [-0.2, 0) is 6.42 Å². The number of amides is 1. The molecule has 2 aromatic rings. The van der Waals surface area contributed by atoms with Crippen LogP contribution in [-0.4, -0.2) is 18.1 Å². The molecule has 1 aromatic heterocycles. The Morgan fingerprint density at radius 2 is 1.87 bits per heavy atom. The number of hydrogen-bond donors (Lipinski definition) is 1. The highest BCUT2D eigenvalue weighted by Crippen LogP contribution is 2.16. The maximum Gasteiger partial charge on any atom is 0.287 e. The molecule has 1 aromatic carbocycles. The SMILES string of the molecule is CC(CCc1ccc(OC(C)C)cc1)NC(=O)c1ccc(Br)o1. The first-order chi connectivity index (χ1) is 10.9. The summed E-state index contributed by atoms with van der Waals surface area (Å²) in [6.07, 6.45) is 1.93. The lowest BCUT2D eigenvalue weighted by atomic mass is 10.1. The molecule has 0 aliphatic rings. The molecule has 0 saturated carbocycles. The third-order valence-corrected chi connectivity index (χ3v) is 3.76. The zero-order valence-electron chi connectivity index (χ0n) is 13.6. The molecule has 0 aliphatic heterocycles. The van der Waals surface area contributed by atoms with Gasteiger partial charge in [-0.2, -0.15) is 0 Å². The first kappa shape index (κ1) is 17.6. The topological polar surface area (TPSA) is 51.5 Å². The van der Waals surface area contributed by atoms with Gasteiger partial charge in [0.2, 0.25) is 0 Å². The second kappa shape index (κ2) is 8.20. The van der Waals surface area contributed by atoms with Crippen LogP contribution in [0.2, 0.25) is 0 Å². The summed E-state index contributed by atoms with van der Waals surface area (Å²) in [6.45, 7) is 6.01. The van der Waals surface area contributed by atoms with E-state index in [1.807, 2.05) is 32.9 Å². The summed E-state index contributed by atoms with van der Waals surface area (Å²) in [6, 6.07) is 11.5. The van der Waals surface area contributed by atoms with E-state index in [0.717, 1.165) is 18.6 Å². The van der Waals surface area contributed by atoms with E-state index in [0.29, 0.717) is 10.4 Å². The number of rotatable bonds is 7. The van der Waals surface area contributed by atoms with Crippen LogP contribution in [0.3, 0.4) is 0 Å². The van der Waals surface area contributed by atoms with E-state index >= 15 is 0 Å². The van der Waals surface area contributed by atoms with Gasteiger partial charge in [0.1, 0.15) is 5.75 Å². The van der Waals surface area contributed by atoms with Crippen molar-refractivity contribution in [3.63, 3.8) is 0 Å². The number of furan rings is 1. The average Bonchev–Trinajstić information content (AvgIpc) is 2.93. The van der Waals surface area contributed by atoms with E-state index in [1.54, 1.807) is 12.1 Å². The molecule has 2 rings (SSSR count). The highest BCUT2D eigenvalue weighted by molar-refractivity contribution is 9.10. The molecule has 0 aliphatic carbocycles. The van der Waals surface area contributed by atoms with Gasteiger partial charge < -0.3 is 14.5 Å². The Bertz CT molecular complexity index is 634. The summed E-state index contributed by atoms with van der Waals surface area (Å²) in [7, 11) is 0. The highest BCUT2D eigenvalue weighted by Gasteiger charge is 2.13. The molecule has 0 radical (unpaired) electrons. The quantitative estimate of drug-likeness (QED) is 0.765. The first-order valence-electron chi connectivity index (χ1n) is 7.76. The summed E-state index contributed by atoms with van der Waals surface area (Å²) in [5, 5.41) is 2.94. The minimum Gasteiger partial charge on any atom is -0.491 e. The van der Waals surface area contributed by atoms with Crippen molar-refractivity contribution < 1.29 is 13.9 Å². The minimum atomic E-state index is -0.191. The Labute approximate surface area is 145 Å². The molecule has 1 N–H and O–H groups in total. The number of benzene rings is 1. The van der Waals surface area contributed by atoms with Gasteiger partial charge in [-0.1, -0.05) is 12.1 Å². The summed E-state index contributed by atoms with van der Waals surface area (Å²) < 4.78 is 11.4. The molecular weight excluding hydrogens is 358 g/mol. The molecular formula is C18H22BrNO3. The Balaban J connectivity index is 1.79. The van der Waals surface area contributed by atoms with Gasteiger partial charge in [0.05, 0.1) is 6.10 Å². The molecule has 124 valence electrons. The fraction of sp³-hybridized carbons (Fsp3) is 0.389. The van der Waals surface area contributed by atoms with Crippen LogP contribution in [0.15, 0.2) is 45.5 Å². The molecule has 0 spiro atoms. The lowest BCUT2D eigenvalue weighted by Gasteiger charge is -2.13. The standard InChI is InChI=1S/C18H22BrNO3/c1-12(2)22-15-8-6-14(7-9-15)5-4-13(3)20-18(21)16-10-11-17(19)23-16/h6-13H,4-5H2,1-3H3,(H,20,21). The van der Waals surface area contributed by atoms with Crippen LogP contribution in [0.1, 0.15) is 43.3 Å². The van der Waals surface area contributed by atoms with Gasteiger partial charge in [-0.3, -0.25) is 4.79 Å². The van der Waals surface area contributed by atoms with E-state index < -0.39 is 0 Å². The molecule has 0 saturated heterocycles. The van der Waals surface area contributed by atoms with Crippen molar-refractivity contribution in [3.05, 3.63) is 52.4 Å². The summed E-state index contributed by atoms with van der Waals surface area (Å²) in [4.78, 5) is 12.0. The number of nitrogens with one attached hydrogen (secondary N) is 1. The summed E-state index contributed by atoms with van der Waals surface area (Å²) >= 11 is 3.19. The second-order valence-electron chi connectivity index (χ2n) is 5.83. The van der Waals surface area contributed by atoms with Crippen molar-refractivity contribution in [2.75, 3.05) is 0 Å². The molecule has 23 heavy (non-hydrogen) atoms. The van der Waals surface area contributed by atoms with E-state index in [2.05, 4.69) is 33.4 Å². The zero-order valence-corrected chi connectivity index (χ0v) is 15.2. The lowest BCUT2D eigenvalue weighted by molar-refractivity contribution is 0.0909. The molecule has 4 nitrogen and oxygen atoms in total. The van der Waals surface area contributed by atoms with Crippen molar-refractivity contribution in [1.29, 1.82) is 0 Å². The second-order valence-corrected chi connectivity index (χ2v) is 6.61. The first-order valence-corrected chi connectivity index (χ1v) is 8.55. The van der Waals surface area contributed by atoms with E-state index in [1.165, 1.54) is 5.56 Å². The van der Waals surface area contributed by atoms with Crippen molar-refractivity contribution in [2.45, 2.75) is 45.8 Å². The van der Waals surface area contributed by atoms with Gasteiger partial charge in [0, 0.05) is 6.04 Å². The highest BCUT2D eigenvalue weighted by atomic mass is 79.9. The molecule has 0 fully saturated rings. The van der Waals surface area contributed by atoms with Crippen molar-refractivity contribution in [3.8, 4) is 5.75 Å². The Morgan fingerprint density at radius 1 is 1.17 bits per heavy atom. The minimum absolute atomic E-state index is 0.0676. The number of aryl methyl sites for hydroxylation is 1. The van der Waals surface area contributed by atoms with Crippen molar-refractivity contribution in [1.82, 2.24) is 5.32 Å². The van der Waals surface area contributed by atoms with Gasteiger partial charge in [-0.25, -0.2) is 0 Å². The van der Waals surface area contributed by atoms with Crippen LogP contribution >= 0.6 is 15.9 Å². The lowest BCUT2D eigenvalue weighted by Crippen LogP contribution is -2.32. The predicted octanol–water partition coefficient (Wildman–Crippen LogP) is 4.58. The Morgan fingerprint density at radius 3 is 2.43 bits per heavy atom. The number of hydrogen-bond acceptors (Lipinski definition) is 3. The van der Waals surface area contributed by atoms with Crippen LogP contribution in [0.4, 0.5) is 0 Å². The van der Waals surface area contributed by atoms with Gasteiger partial charge in [0.15, 0.2) is 10.4 Å². The third kappa shape index (κ3) is 5.75. The summed E-state index contributed by atoms with van der Waals surface area (Å²) in [5.74, 6) is 1.01. The van der Waals surface area contributed by atoms with E-state index in [4.69, 9.17) is 9.15 Å². The van der Waals surface area contributed by atoms with Gasteiger partial charge in [-0.15, -0.1) is 0 Å². The molecule has 1 amide bonds. The smallest absolute Gasteiger partial charge is 0.287 e. The molecule has 1 heterocycles. The monoisotopic (exact) mass is 379 g/mol. The van der Waals surface area contributed by atoms with Crippen LogP contribution in [0, 0.1) is 0 Å². The summed E-state index contributed by atoms with van der Waals surface area (Å²) in [5.41, 5.74) is 1.22. The number of ether oxygens (including phenoxy) is 1.